The SMILES string of the molecule is C=CC[C@@]1(c2ccccc2)O[C@@H](C(F)(F)F)C2CN21. The standard InChI is InChI=1S/C14H14F3NO/c1-2-8-13(10-6-4-3-5-7-10)18-9-11(18)12(19-13)14(15,16)17/h2-7,11-12H,1,8-9H2/t11?,12-,13+,18?/m1/s1. The zero-order chi connectivity index (χ0) is 13.7. The molecule has 2 aliphatic heterocycles. The van der Waals surface area contributed by atoms with Gasteiger partial charge in [-0.2, -0.15) is 13.2 Å². The quantitative estimate of drug-likeness (QED) is 0.617. The molecule has 5 heteroatoms. The van der Waals surface area contributed by atoms with E-state index in [0.717, 1.165) is 5.56 Å². The first kappa shape index (κ1) is 12.7. The Kier molecular flexibility index (Phi) is 2.73. The number of halogens is 3. The summed E-state index contributed by atoms with van der Waals surface area (Å²) in [4.78, 5) is 1.77. The number of alkyl halides is 3. The average molecular weight is 269 g/mol. The number of rotatable bonds is 3. The van der Waals surface area contributed by atoms with E-state index in [2.05, 4.69) is 6.58 Å². The largest absolute Gasteiger partial charge is 0.416 e. The van der Waals surface area contributed by atoms with Crippen LogP contribution in [0, 0.1) is 0 Å². The van der Waals surface area contributed by atoms with Gasteiger partial charge in [-0.1, -0.05) is 36.4 Å². The minimum absolute atomic E-state index is 0.347. The molecule has 102 valence electrons. The zero-order valence-corrected chi connectivity index (χ0v) is 10.2. The van der Waals surface area contributed by atoms with E-state index in [-0.39, 0.29) is 0 Å². The van der Waals surface area contributed by atoms with Crippen LogP contribution in [0.3, 0.4) is 0 Å². The fourth-order valence-electron chi connectivity index (χ4n) is 2.88. The first-order valence-electron chi connectivity index (χ1n) is 6.17. The second-order valence-corrected chi connectivity index (χ2v) is 4.94. The maximum atomic E-state index is 13.0. The molecule has 2 unspecified atom stereocenters. The Bertz CT molecular complexity index is 487. The van der Waals surface area contributed by atoms with E-state index in [1.165, 1.54) is 0 Å². The Hall–Kier alpha value is -1.33. The van der Waals surface area contributed by atoms with Gasteiger partial charge in [0.25, 0.3) is 0 Å². The zero-order valence-electron chi connectivity index (χ0n) is 10.2. The van der Waals surface area contributed by atoms with Crippen molar-refractivity contribution in [2.45, 2.75) is 30.5 Å². The lowest BCUT2D eigenvalue weighted by molar-refractivity contribution is -0.243. The highest BCUT2D eigenvalue weighted by Gasteiger charge is 2.68. The highest BCUT2D eigenvalue weighted by atomic mass is 19.4. The summed E-state index contributed by atoms with van der Waals surface area (Å²) in [6.45, 7) is 4.07. The van der Waals surface area contributed by atoms with Gasteiger partial charge in [0.15, 0.2) is 11.8 Å². The lowest BCUT2D eigenvalue weighted by Gasteiger charge is -2.33. The van der Waals surface area contributed by atoms with Gasteiger partial charge >= 0.3 is 6.18 Å². The van der Waals surface area contributed by atoms with Crippen LogP contribution in [0.15, 0.2) is 43.0 Å². The van der Waals surface area contributed by atoms with Crippen LogP contribution in [-0.2, 0) is 10.5 Å². The molecule has 2 saturated heterocycles. The third kappa shape index (κ3) is 1.88. The third-order valence-corrected chi connectivity index (χ3v) is 3.75. The molecule has 2 fully saturated rings. The first-order chi connectivity index (χ1) is 8.99. The molecule has 0 bridgehead atoms. The number of hydrogen-bond donors (Lipinski definition) is 0. The predicted molar refractivity (Wildman–Crippen MR) is 64.4 cm³/mol. The van der Waals surface area contributed by atoms with Crippen molar-refractivity contribution < 1.29 is 17.9 Å². The van der Waals surface area contributed by atoms with Crippen LogP contribution in [-0.4, -0.2) is 29.8 Å². The van der Waals surface area contributed by atoms with E-state index in [4.69, 9.17) is 4.74 Å². The number of hydrogen-bond acceptors (Lipinski definition) is 2. The molecule has 0 amide bonds. The van der Waals surface area contributed by atoms with Crippen LogP contribution >= 0.6 is 0 Å². The molecule has 1 aromatic rings. The summed E-state index contributed by atoms with van der Waals surface area (Å²) < 4.78 is 44.3. The summed E-state index contributed by atoms with van der Waals surface area (Å²) in [5.41, 5.74) is -0.252. The molecule has 0 spiro atoms. The molecule has 19 heavy (non-hydrogen) atoms. The summed E-state index contributed by atoms with van der Waals surface area (Å²) in [5.74, 6) is 0. The number of nitrogens with zero attached hydrogens (tertiary/aromatic N) is 1. The molecular formula is C14H14F3NO. The molecule has 0 aliphatic carbocycles. The van der Waals surface area contributed by atoms with Crippen molar-refractivity contribution >= 4 is 0 Å². The monoisotopic (exact) mass is 269 g/mol. The molecule has 3 rings (SSSR count). The summed E-state index contributed by atoms with van der Waals surface area (Å²) in [6.07, 6.45) is -4.06. The van der Waals surface area contributed by atoms with Crippen molar-refractivity contribution in [2.75, 3.05) is 6.54 Å². The van der Waals surface area contributed by atoms with Crippen LogP contribution in [0.4, 0.5) is 13.2 Å². The van der Waals surface area contributed by atoms with E-state index < -0.39 is 24.0 Å². The third-order valence-electron chi connectivity index (χ3n) is 3.75. The van der Waals surface area contributed by atoms with Gasteiger partial charge in [0.2, 0.25) is 0 Å². The van der Waals surface area contributed by atoms with E-state index >= 15 is 0 Å². The van der Waals surface area contributed by atoms with Crippen LogP contribution in [0.25, 0.3) is 0 Å². The molecule has 2 aliphatic rings. The summed E-state index contributed by atoms with van der Waals surface area (Å²) in [6, 6.07) is 8.50. The van der Waals surface area contributed by atoms with Gasteiger partial charge in [-0.3, -0.25) is 4.90 Å². The smallest absolute Gasteiger partial charge is 0.341 e. The van der Waals surface area contributed by atoms with Gasteiger partial charge in [-0.15, -0.1) is 6.58 Å². The van der Waals surface area contributed by atoms with Crippen LogP contribution < -0.4 is 0 Å². The minimum atomic E-state index is -4.32. The first-order valence-corrected chi connectivity index (χ1v) is 6.17. The normalized spacial score (nSPS) is 36.9. The van der Waals surface area contributed by atoms with Crippen LogP contribution in [0.2, 0.25) is 0 Å². The van der Waals surface area contributed by atoms with E-state index in [1.54, 1.807) is 23.1 Å². The van der Waals surface area contributed by atoms with Gasteiger partial charge in [0, 0.05) is 13.0 Å². The maximum Gasteiger partial charge on any atom is 0.416 e. The van der Waals surface area contributed by atoms with Crippen LogP contribution in [0.5, 0.6) is 0 Å². The van der Waals surface area contributed by atoms with Gasteiger partial charge in [0.05, 0.1) is 6.04 Å². The average Bonchev–Trinajstić information content (AvgIpc) is 3.09. The van der Waals surface area contributed by atoms with Crippen molar-refractivity contribution in [1.82, 2.24) is 4.90 Å². The van der Waals surface area contributed by atoms with Crippen LogP contribution in [0.1, 0.15) is 12.0 Å². The Morgan fingerprint density at radius 3 is 2.58 bits per heavy atom. The lowest BCUT2D eigenvalue weighted by atomic mass is 9.99. The molecule has 2 heterocycles. The van der Waals surface area contributed by atoms with Gasteiger partial charge in [-0.25, -0.2) is 0 Å². The molecule has 0 aromatic heterocycles. The Balaban J connectivity index is 1.98. The maximum absolute atomic E-state index is 13.0. The topological polar surface area (TPSA) is 12.2 Å². The van der Waals surface area contributed by atoms with E-state index in [9.17, 15) is 13.2 Å². The molecule has 2 nitrogen and oxygen atoms in total. The molecule has 0 N–H and O–H groups in total. The summed E-state index contributed by atoms with van der Waals surface area (Å²) in [5, 5.41) is 0. The second-order valence-electron chi connectivity index (χ2n) is 4.94. The highest BCUT2D eigenvalue weighted by Crippen LogP contribution is 2.54. The molecule has 1 aromatic carbocycles. The number of ether oxygens (including phenoxy) is 1. The van der Waals surface area contributed by atoms with Crippen molar-refractivity contribution in [1.29, 1.82) is 0 Å². The van der Waals surface area contributed by atoms with Gasteiger partial charge in [0.1, 0.15) is 0 Å². The fraction of sp³-hybridized carbons (Fsp3) is 0.429. The summed E-state index contributed by atoms with van der Waals surface area (Å²) in [7, 11) is 0. The number of fused-ring (bicyclic) bond motifs is 1. The minimum Gasteiger partial charge on any atom is -0.341 e. The Labute approximate surface area is 109 Å². The predicted octanol–water partition coefficient (Wildman–Crippen LogP) is 3.06. The van der Waals surface area contributed by atoms with Gasteiger partial charge in [-0.05, 0) is 5.56 Å². The molecule has 0 saturated carbocycles. The van der Waals surface area contributed by atoms with Crippen molar-refractivity contribution in [3.05, 3.63) is 48.6 Å². The summed E-state index contributed by atoms with van der Waals surface area (Å²) >= 11 is 0. The Morgan fingerprint density at radius 2 is 2.05 bits per heavy atom. The van der Waals surface area contributed by atoms with Crippen molar-refractivity contribution in [3.8, 4) is 0 Å². The van der Waals surface area contributed by atoms with Crippen molar-refractivity contribution in [3.63, 3.8) is 0 Å². The molecular weight excluding hydrogens is 255 g/mol. The Morgan fingerprint density at radius 1 is 1.37 bits per heavy atom. The van der Waals surface area contributed by atoms with E-state index in [0.29, 0.717) is 13.0 Å². The fourth-order valence-corrected chi connectivity index (χ4v) is 2.88. The lowest BCUT2D eigenvalue weighted by Crippen LogP contribution is -2.40. The van der Waals surface area contributed by atoms with Gasteiger partial charge < -0.3 is 4.74 Å². The molecule has 0 radical (unpaired) electrons. The second kappa shape index (κ2) is 4.08. The molecule has 4 atom stereocenters. The van der Waals surface area contributed by atoms with E-state index in [1.807, 2.05) is 18.2 Å². The number of benzene rings is 1. The van der Waals surface area contributed by atoms with Crippen molar-refractivity contribution in [2.24, 2.45) is 0 Å². The highest BCUT2D eigenvalue weighted by molar-refractivity contribution is 5.29.